The van der Waals surface area contributed by atoms with Crippen molar-refractivity contribution in [2.75, 3.05) is 12.8 Å². The number of rotatable bonds is 3. The zero-order chi connectivity index (χ0) is 12.4. The summed E-state index contributed by atoms with van der Waals surface area (Å²) in [6.45, 7) is 2.06. The normalized spacial score (nSPS) is 10.5. The molecule has 17 heavy (non-hydrogen) atoms. The zero-order valence-corrected chi connectivity index (χ0v) is 11.3. The molecule has 3 N–H and O–H groups in total. The molecule has 0 atom stereocenters. The van der Waals surface area contributed by atoms with Crippen molar-refractivity contribution in [3.05, 3.63) is 28.2 Å². The van der Waals surface area contributed by atoms with E-state index in [9.17, 15) is 0 Å². The number of ether oxygens (including phenoxy) is 1. The first-order chi connectivity index (χ1) is 8.17. The minimum atomic E-state index is 0.564. The van der Waals surface area contributed by atoms with E-state index in [4.69, 9.17) is 10.5 Å². The SMILES string of the molecule is CCc1c(N)n[nH]c1-c1ccc(OC)c(Br)c1. The fourth-order valence-corrected chi connectivity index (χ4v) is 2.34. The van der Waals surface area contributed by atoms with E-state index in [1.54, 1.807) is 7.11 Å². The number of hydrogen-bond acceptors (Lipinski definition) is 3. The molecule has 4 nitrogen and oxygen atoms in total. The fraction of sp³-hybridized carbons (Fsp3) is 0.250. The number of nitrogens with two attached hydrogens (primary N) is 1. The van der Waals surface area contributed by atoms with Crippen molar-refractivity contribution in [1.82, 2.24) is 10.2 Å². The second-order valence-electron chi connectivity index (χ2n) is 3.67. The number of methoxy groups -OCH3 is 1. The van der Waals surface area contributed by atoms with Gasteiger partial charge in [0.05, 0.1) is 17.3 Å². The second kappa shape index (κ2) is 4.79. The highest BCUT2D eigenvalue weighted by Crippen LogP contribution is 2.32. The highest BCUT2D eigenvalue weighted by molar-refractivity contribution is 9.10. The van der Waals surface area contributed by atoms with E-state index in [1.807, 2.05) is 18.2 Å². The Bertz CT molecular complexity index is 537. The van der Waals surface area contributed by atoms with Crippen LogP contribution < -0.4 is 10.5 Å². The molecule has 0 saturated carbocycles. The molecule has 0 amide bonds. The third-order valence-electron chi connectivity index (χ3n) is 2.69. The summed E-state index contributed by atoms with van der Waals surface area (Å²) in [6.07, 6.45) is 0.849. The number of aromatic amines is 1. The lowest BCUT2D eigenvalue weighted by Crippen LogP contribution is -1.91. The lowest BCUT2D eigenvalue weighted by Gasteiger charge is -2.06. The number of anilines is 1. The van der Waals surface area contributed by atoms with Crippen molar-refractivity contribution < 1.29 is 4.74 Å². The van der Waals surface area contributed by atoms with Gasteiger partial charge in [-0.1, -0.05) is 6.92 Å². The average Bonchev–Trinajstić information content (AvgIpc) is 2.70. The molecule has 0 aliphatic rings. The van der Waals surface area contributed by atoms with Crippen LogP contribution >= 0.6 is 15.9 Å². The number of aromatic nitrogens is 2. The smallest absolute Gasteiger partial charge is 0.149 e. The van der Waals surface area contributed by atoms with Gasteiger partial charge in [0.2, 0.25) is 0 Å². The quantitative estimate of drug-likeness (QED) is 0.915. The summed E-state index contributed by atoms with van der Waals surface area (Å²) >= 11 is 3.47. The summed E-state index contributed by atoms with van der Waals surface area (Å²) in [5.74, 6) is 1.37. The Hall–Kier alpha value is -1.49. The molecular weight excluding hydrogens is 282 g/mol. The third kappa shape index (κ3) is 2.15. The van der Waals surface area contributed by atoms with Crippen LogP contribution in [0.1, 0.15) is 12.5 Å². The molecule has 2 rings (SSSR count). The summed E-state index contributed by atoms with van der Waals surface area (Å²) in [5, 5.41) is 7.01. The van der Waals surface area contributed by atoms with Crippen molar-refractivity contribution >= 4 is 21.7 Å². The molecule has 0 bridgehead atoms. The molecule has 0 saturated heterocycles. The van der Waals surface area contributed by atoms with Gasteiger partial charge in [-0.15, -0.1) is 0 Å². The third-order valence-corrected chi connectivity index (χ3v) is 3.31. The molecule has 0 unspecified atom stereocenters. The van der Waals surface area contributed by atoms with E-state index in [1.165, 1.54) is 0 Å². The number of nitrogens with zero attached hydrogens (tertiary/aromatic N) is 1. The molecule has 2 aromatic rings. The van der Waals surface area contributed by atoms with Gasteiger partial charge in [-0.2, -0.15) is 5.10 Å². The zero-order valence-electron chi connectivity index (χ0n) is 9.75. The van der Waals surface area contributed by atoms with Crippen LogP contribution in [0.3, 0.4) is 0 Å². The standard InChI is InChI=1S/C12H14BrN3O/c1-3-8-11(15-16-12(8)14)7-4-5-10(17-2)9(13)6-7/h4-6H,3H2,1-2H3,(H3,14,15,16). The van der Waals surface area contributed by atoms with Crippen molar-refractivity contribution in [2.45, 2.75) is 13.3 Å². The van der Waals surface area contributed by atoms with E-state index in [0.29, 0.717) is 5.82 Å². The lowest BCUT2D eigenvalue weighted by atomic mass is 10.1. The Balaban J connectivity index is 2.49. The Kier molecular flexibility index (Phi) is 3.38. The van der Waals surface area contributed by atoms with Gasteiger partial charge in [0.25, 0.3) is 0 Å². The van der Waals surface area contributed by atoms with Crippen LogP contribution in [0.5, 0.6) is 5.75 Å². The number of hydrogen-bond donors (Lipinski definition) is 2. The van der Waals surface area contributed by atoms with Gasteiger partial charge in [0.15, 0.2) is 0 Å². The second-order valence-corrected chi connectivity index (χ2v) is 4.52. The molecule has 90 valence electrons. The largest absolute Gasteiger partial charge is 0.496 e. The maximum atomic E-state index is 5.80. The van der Waals surface area contributed by atoms with Crippen LogP contribution in [0.4, 0.5) is 5.82 Å². The van der Waals surface area contributed by atoms with E-state index in [2.05, 4.69) is 33.1 Å². The van der Waals surface area contributed by atoms with Gasteiger partial charge in [-0.05, 0) is 40.5 Å². The molecule has 0 radical (unpaired) electrons. The monoisotopic (exact) mass is 295 g/mol. The lowest BCUT2D eigenvalue weighted by molar-refractivity contribution is 0.412. The van der Waals surface area contributed by atoms with E-state index in [-0.39, 0.29) is 0 Å². The summed E-state index contributed by atoms with van der Waals surface area (Å²) in [5.41, 5.74) is 8.85. The predicted octanol–water partition coefficient (Wildman–Crippen LogP) is 2.99. The summed E-state index contributed by atoms with van der Waals surface area (Å²) in [6, 6.07) is 5.89. The highest BCUT2D eigenvalue weighted by Gasteiger charge is 2.12. The fourth-order valence-electron chi connectivity index (χ4n) is 1.80. The van der Waals surface area contributed by atoms with Gasteiger partial charge in [0, 0.05) is 11.1 Å². The average molecular weight is 296 g/mol. The summed E-state index contributed by atoms with van der Waals surface area (Å²) in [7, 11) is 1.64. The van der Waals surface area contributed by atoms with Gasteiger partial charge >= 0.3 is 0 Å². The minimum absolute atomic E-state index is 0.564. The molecule has 0 fully saturated rings. The number of nitrogens with one attached hydrogen (secondary N) is 1. The van der Waals surface area contributed by atoms with Crippen LogP contribution in [-0.2, 0) is 6.42 Å². The molecule has 1 heterocycles. The van der Waals surface area contributed by atoms with Gasteiger partial charge in [-0.3, -0.25) is 5.10 Å². The van der Waals surface area contributed by atoms with Crippen LogP contribution in [0, 0.1) is 0 Å². The van der Waals surface area contributed by atoms with Crippen LogP contribution in [-0.4, -0.2) is 17.3 Å². The van der Waals surface area contributed by atoms with Gasteiger partial charge < -0.3 is 10.5 Å². The molecule has 1 aromatic carbocycles. The molecule has 0 spiro atoms. The number of nitrogen functional groups attached to an aromatic ring is 1. The first kappa shape index (κ1) is 12.0. The van der Waals surface area contributed by atoms with Crippen molar-refractivity contribution in [3.8, 4) is 17.0 Å². The number of halogens is 1. The molecule has 1 aromatic heterocycles. The maximum Gasteiger partial charge on any atom is 0.149 e. The predicted molar refractivity (Wildman–Crippen MR) is 72.1 cm³/mol. The van der Waals surface area contributed by atoms with Gasteiger partial charge in [0.1, 0.15) is 11.6 Å². The maximum absolute atomic E-state index is 5.80. The molecule has 5 heteroatoms. The Labute approximate surface area is 108 Å². The first-order valence-electron chi connectivity index (χ1n) is 5.34. The van der Waals surface area contributed by atoms with E-state index < -0.39 is 0 Å². The Morgan fingerprint density at radius 3 is 2.82 bits per heavy atom. The van der Waals surface area contributed by atoms with Crippen LogP contribution in [0.2, 0.25) is 0 Å². The van der Waals surface area contributed by atoms with Gasteiger partial charge in [-0.25, -0.2) is 0 Å². The van der Waals surface area contributed by atoms with E-state index in [0.717, 1.165) is 33.5 Å². The van der Waals surface area contributed by atoms with Crippen molar-refractivity contribution in [1.29, 1.82) is 0 Å². The number of benzene rings is 1. The van der Waals surface area contributed by atoms with E-state index >= 15 is 0 Å². The highest BCUT2D eigenvalue weighted by atomic mass is 79.9. The molecule has 0 aliphatic carbocycles. The Morgan fingerprint density at radius 1 is 1.47 bits per heavy atom. The minimum Gasteiger partial charge on any atom is -0.496 e. The van der Waals surface area contributed by atoms with Crippen molar-refractivity contribution in [3.63, 3.8) is 0 Å². The number of H-pyrrole nitrogens is 1. The molecular formula is C12H14BrN3O. The van der Waals surface area contributed by atoms with Crippen molar-refractivity contribution in [2.24, 2.45) is 0 Å². The summed E-state index contributed by atoms with van der Waals surface area (Å²) in [4.78, 5) is 0. The first-order valence-corrected chi connectivity index (χ1v) is 6.13. The summed E-state index contributed by atoms with van der Waals surface area (Å²) < 4.78 is 6.11. The van der Waals surface area contributed by atoms with Crippen LogP contribution in [0.25, 0.3) is 11.3 Å². The molecule has 0 aliphatic heterocycles. The topological polar surface area (TPSA) is 63.9 Å². The van der Waals surface area contributed by atoms with Crippen LogP contribution in [0.15, 0.2) is 22.7 Å². The Morgan fingerprint density at radius 2 is 2.24 bits per heavy atom.